The van der Waals surface area contributed by atoms with E-state index < -0.39 is 0 Å². The minimum atomic E-state index is -0.251. The minimum absolute atomic E-state index is 0.197. The van der Waals surface area contributed by atoms with Gasteiger partial charge >= 0.3 is 5.97 Å². The highest BCUT2D eigenvalue weighted by Gasteiger charge is 2.09. The van der Waals surface area contributed by atoms with E-state index in [1.165, 1.54) is 7.11 Å². The van der Waals surface area contributed by atoms with E-state index in [1.54, 1.807) is 39.0 Å². The summed E-state index contributed by atoms with van der Waals surface area (Å²) in [4.78, 5) is 23.1. The van der Waals surface area contributed by atoms with Crippen molar-refractivity contribution in [3.63, 3.8) is 0 Å². The van der Waals surface area contributed by atoms with Crippen molar-refractivity contribution in [2.75, 3.05) is 12.4 Å². The number of esters is 1. The molecule has 0 saturated carbocycles. The lowest BCUT2D eigenvalue weighted by Gasteiger charge is -2.10. The van der Waals surface area contributed by atoms with E-state index in [2.05, 4.69) is 5.32 Å². The zero-order chi connectivity index (χ0) is 15.8. The van der Waals surface area contributed by atoms with E-state index in [1.807, 2.05) is 6.07 Å². The van der Waals surface area contributed by atoms with Crippen LogP contribution in [0.3, 0.4) is 0 Å². The molecule has 0 aromatic heterocycles. The van der Waals surface area contributed by atoms with E-state index in [-0.39, 0.29) is 18.5 Å². The van der Waals surface area contributed by atoms with Crippen LogP contribution in [0.4, 0.5) is 5.69 Å². The highest BCUT2D eigenvalue weighted by atomic mass is 16.5. The molecule has 1 aromatic carbocycles. The molecule has 5 heteroatoms. The molecule has 0 radical (unpaired) electrons. The number of anilines is 1. The molecule has 1 N–H and O–H groups in total. The molecule has 21 heavy (non-hydrogen) atoms. The number of methoxy groups -OCH3 is 1. The Hall–Kier alpha value is -2.30. The Morgan fingerprint density at radius 1 is 1.24 bits per heavy atom. The Bertz CT molecular complexity index is 549. The molecule has 114 valence electrons. The van der Waals surface area contributed by atoms with Crippen LogP contribution in [0, 0.1) is 0 Å². The Morgan fingerprint density at radius 3 is 2.57 bits per heavy atom. The maximum Gasteiger partial charge on any atom is 0.305 e. The largest absolute Gasteiger partial charge is 0.501 e. The molecule has 0 aliphatic carbocycles. The Balaban J connectivity index is 2.73. The first kappa shape index (κ1) is 16.8. The summed E-state index contributed by atoms with van der Waals surface area (Å²) in [6.07, 6.45) is 0.344. The number of hydrogen-bond donors (Lipinski definition) is 1. The normalized spacial score (nSPS) is 11.4. The van der Waals surface area contributed by atoms with Crippen LogP contribution in [0.5, 0.6) is 0 Å². The molecular formula is C16H21NO4. The zero-order valence-corrected chi connectivity index (χ0v) is 12.9. The average molecular weight is 291 g/mol. The van der Waals surface area contributed by atoms with E-state index in [0.717, 1.165) is 5.56 Å². The summed E-state index contributed by atoms with van der Waals surface area (Å²) in [5.74, 6) is 0.0940. The number of hydrogen-bond acceptors (Lipinski definition) is 4. The van der Waals surface area contributed by atoms with Crippen molar-refractivity contribution in [1.29, 1.82) is 0 Å². The molecule has 5 nitrogen and oxygen atoms in total. The molecule has 1 aromatic rings. The molecule has 0 atom stereocenters. The van der Waals surface area contributed by atoms with Crippen LogP contribution in [0.25, 0.3) is 0 Å². The predicted molar refractivity (Wildman–Crippen MR) is 80.5 cm³/mol. The van der Waals surface area contributed by atoms with Gasteiger partial charge in [-0.1, -0.05) is 19.1 Å². The maximum absolute atomic E-state index is 12.0. The van der Waals surface area contributed by atoms with Crippen molar-refractivity contribution in [2.24, 2.45) is 0 Å². The standard InChI is InChI=1S/C16H21NO4/c1-5-15(18)21-10-13-7-6-8-14(9-13)17-16(19)11(2)12(3)20-4/h6-9H,5,10H2,1-4H3,(H,17,19)/b12-11+. The zero-order valence-electron chi connectivity index (χ0n) is 12.9. The van der Waals surface area contributed by atoms with Crippen LogP contribution < -0.4 is 5.32 Å². The number of nitrogens with one attached hydrogen (secondary N) is 1. The summed E-state index contributed by atoms with van der Waals surface area (Å²) in [5.41, 5.74) is 1.98. The lowest BCUT2D eigenvalue weighted by atomic mass is 10.2. The molecule has 1 rings (SSSR count). The summed E-state index contributed by atoms with van der Waals surface area (Å²) in [6, 6.07) is 7.18. The molecule has 0 bridgehead atoms. The lowest BCUT2D eigenvalue weighted by molar-refractivity contribution is -0.144. The number of amides is 1. The minimum Gasteiger partial charge on any atom is -0.501 e. The first-order valence-corrected chi connectivity index (χ1v) is 6.75. The second kappa shape index (κ2) is 8.09. The summed E-state index contributed by atoms with van der Waals surface area (Å²) < 4.78 is 10.1. The van der Waals surface area contributed by atoms with E-state index in [4.69, 9.17) is 9.47 Å². The quantitative estimate of drug-likeness (QED) is 0.497. The molecule has 0 unspecified atom stereocenters. The van der Waals surface area contributed by atoms with Gasteiger partial charge in [0.25, 0.3) is 5.91 Å². The second-order valence-electron chi connectivity index (χ2n) is 4.55. The van der Waals surface area contributed by atoms with E-state index >= 15 is 0 Å². The molecule has 1 amide bonds. The number of ether oxygens (including phenoxy) is 2. The van der Waals surface area contributed by atoms with Gasteiger partial charge in [0, 0.05) is 12.1 Å². The average Bonchev–Trinajstić information content (AvgIpc) is 2.51. The second-order valence-corrected chi connectivity index (χ2v) is 4.55. The van der Waals surface area contributed by atoms with Crippen molar-refractivity contribution in [3.8, 4) is 0 Å². The fraction of sp³-hybridized carbons (Fsp3) is 0.375. The van der Waals surface area contributed by atoms with Gasteiger partial charge in [-0.15, -0.1) is 0 Å². The Morgan fingerprint density at radius 2 is 1.95 bits per heavy atom. The monoisotopic (exact) mass is 291 g/mol. The van der Waals surface area contributed by atoms with Crippen LogP contribution >= 0.6 is 0 Å². The maximum atomic E-state index is 12.0. The van der Waals surface area contributed by atoms with Crippen LogP contribution in [0.1, 0.15) is 32.8 Å². The van der Waals surface area contributed by atoms with Crippen LogP contribution in [-0.4, -0.2) is 19.0 Å². The van der Waals surface area contributed by atoms with Crippen molar-refractivity contribution < 1.29 is 19.1 Å². The number of rotatable bonds is 6. The van der Waals surface area contributed by atoms with Gasteiger partial charge in [0.2, 0.25) is 0 Å². The van der Waals surface area contributed by atoms with Gasteiger partial charge in [-0.25, -0.2) is 0 Å². The molecular weight excluding hydrogens is 270 g/mol. The highest BCUT2D eigenvalue weighted by Crippen LogP contribution is 2.14. The summed E-state index contributed by atoms with van der Waals surface area (Å²) in [5, 5.41) is 2.78. The van der Waals surface area contributed by atoms with Gasteiger partial charge in [-0.05, 0) is 31.5 Å². The molecule has 0 spiro atoms. The topological polar surface area (TPSA) is 64.6 Å². The van der Waals surface area contributed by atoms with Crippen molar-refractivity contribution in [3.05, 3.63) is 41.2 Å². The molecule has 0 aliphatic rings. The lowest BCUT2D eigenvalue weighted by Crippen LogP contribution is -2.14. The Labute approximate surface area is 124 Å². The fourth-order valence-corrected chi connectivity index (χ4v) is 1.54. The van der Waals surface area contributed by atoms with Gasteiger partial charge in [0.1, 0.15) is 12.4 Å². The number of carbonyl (C=O) groups excluding carboxylic acids is 2. The molecule has 0 saturated heterocycles. The van der Waals surface area contributed by atoms with E-state index in [0.29, 0.717) is 23.4 Å². The number of benzene rings is 1. The van der Waals surface area contributed by atoms with Crippen molar-refractivity contribution in [2.45, 2.75) is 33.8 Å². The number of carbonyl (C=O) groups is 2. The van der Waals surface area contributed by atoms with Crippen LogP contribution in [0.15, 0.2) is 35.6 Å². The van der Waals surface area contributed by atoms with Gasteiger partial charge in [0.15, 0.2) is 0 Å². The van der Waals surface area contributed by atoms with Gasteiger partial charge in [-0.3, -0.25) is 9.59 Å². The first-order valence-electron chi connectivity index (χ1n) is 6.75. The summed E-state index contributed by atoms with van der Waals surface area (Å²) in [7, 11) is 1.52. The van der Waals surface area contributed by atoms with Gasteiger partial charge in [0.05, 0.1) is 12.7 Å². The van der Waals surface area contributed by atoms with Gasteiger partial charge in [-0.2, -0.15) is 0 Å². The fourth-order valence-electron chi connectivity index (χ4n) is 1.54. The molecule has 0 heterocycles. The third kappa shape index (κ3) is 5.30. The summed E-state index contributed by atoms with van der Waals surface area (Å²) in [6.45, 7) is 5.37. The first-order chi connectivity index (χ1) is 9.97. The smallest absolute Gasteiger partial charge is 0.305 e. The third-order valence-electron chi connectivity index (χ3n) is 3.05. The molecule has 0 fully saturated rings. The van der Waals surface area contributed by atoms with E-state index in [9.17, 15) is 9.59 Å². The van der Waals surface area contributed by atoms with Crippen LogP contribution in [0.2, 0.25) is 0 Å². The van der Waals surface area contributed by atoms with Crippen LogP contribution in [-0.2, 0) is 25.7 Å². The number of allylic oxidation sites excluding steroid dienone is 1. The van der Waals surface area contributed by atoms with Gasteiger partial charge < -0.3 is 14.8 Å². The third-order valence-corrected chi connectivity index (χ3v) is 3.05. The highest BCUT2D eigenvalue weighted by molar-refractivity contribution is 6.03. The summed E-state index contributed by atoms with van der Waals surface area (Å²) >= 11 is 0. The van der Waals surface area contributed by atoms with Crippen molar-refractivity contribution in [1.82, 2.24) is 0 Å². The van der Waals surface area contributed by atoms with Crippen molar-refractivity contribution >= 4 is 17.6 Å². The molecule has 0 aliphatic heterocycles. The Kier molecular flexibility index (Phi) is 6.46. The SMILES string of the molecule is CCC(=O)OCc1cccc(NC(=O)/C(C)=C(\C)OC)c1. The predicted octanol–water partition coefficient (Wildman–Crippen LogP) is 3.02.